The topological polar surface area (TPSA) is 29.1 Å². The molecule has 2 heteroatoms. The summed E-state index contributed by atoms with van der Waals surface area (Å²) >= 11 is 0. The number of hydrogen-bond acceptors (Lipinski definition) is 1. The first-order valence-corrected chi connectivity index (χ1v) is 6.58. The largest absolute Gasteiger partial charge is 0.330 e. The lowest BCUT2D eigenvalue weighted by molar-refractivity contribution is -0.122. The number of carbonyl (C=O) groups excluding carboxylic acids is 1. The molecule has 2 atom stereocenters. The Kier molecular flexibility index (Phi) is 5.63. The van der Waals surface area contributed by atoms with Gasteiger partial charge in [-0.1, -0.05) is 56.7 Å². The van der Waals surface area contributed by atoms with E-state index in [2.05, 4.69) is 19.2 Å². The highest BCUT2D eigenvalue weighted by Gasteiger charge is 2.25. The highest BCUT2D eigenvalue weighted by atomic mass is 16.1. The molecule has 0 saturated heterocycles. The van der Waals surface area contributed by atoms with Crippen LogP contribution in [0.1, 0.15) is 45.6 Å². The molecule has 1 rings (SSSR count). The van der Waals surface area contributed by atoms with Crippen molar-refractivity contribution >= 4 is 5.91 Å². The first kappa shape index (κ1) is 14.5. The molecule has 1 N–H and O–H groups in total. The van der Waals surface area contributed by atoms with Crippen molar-refractivity contribution in [1.82, 2.24) is 5.32 Å². The van der Waals surface area contributed by atoms with Gasteiger partial charge in [-0.05, 0) is 25.3 Å². The zero-order valence-corrected chi connectivity index (χ0v) is 11.7. The van der Waals surface area contributed by atoms with E-state index < -0.39 is 0 Å². The molecule has 2 unspecified atom stereocenters. The molecule has 0 spiro atoms. The van der Waals surface area contributed by atoms with Crippen LogP contribution in [0, 0.1) is 5.92 Å². The van der Waals surface area contributed by atoms with E-state index in [4.69, 9.17) is 0 Å². The molecular formula is C16H23NO. The van der Waals surface area contributed by atoms with Crippen LogP contribution in [0.25, 0.3) is 0 Å². The molecule has 18 heavy (non-hydrogen) atoms. The van der Waals surface area contributed by atoms with Crippen LogP contribution in [0.5, 0.6) is 0 Å². The van der Waals surface area contributed by atoms with E-state index >= 15 is 0 Å². The summed E-state index contributed by atoms with van der Waals surface area (Å²) < 4.78 is 0. The molecule has 98 valence electrons. The number of allylic oxidation sites excluding steroid dienone is 2. The van der Waals surface area contributed by atoms with Gasteiger partial charge in [0.2, 0.25) is 5.91 Å². The van der Waals surface area contributed by atoms with E-state index in [0.717, 1.165) is 17.7 Å². The van der Waals surface area contributed by atoms with Gasteiger partial charge in [0.1, 0.15) is 0 Å². The average molecular weight is 245 g/mol. The summed E-state index contributed by atoms with van der Waals surface area (Å²) in [5.74, 6) is 0.342. The number of rotatable bonds is 5. The Bertz CT molecular complexity index is 408. The fourth-order valence-corrected chi connectivity index (χ4v) is 1.98. The van der Waals surface area contributed by atoms with Crippen LogP contribution in [0.3, 0.4) is 0 Å². The van der Waals surface area contributed by atoms with Gasteiger partial charge < -0.3 is 5.32 Å². The van der Waals surface area contributed by atoms with Gasteiger partial charge in [0.05, 0.1) is 5.92 Å². The van der Waals surface area contributed by atoms with Gasteiger partial charge in [-0.3, -0.25) is 4.79 Å². The lowest BCUT2D eigenvalue weighted by Gasteiger charge is -2.23. The fourth-order valence-electron chi connectivity index (χ4n) is 1.98. The molecule has 0 bridgehead atoms. The lowest BCUT2D eigenvalue weighted by Crippen LogP contribution is -2.31. The second-order valence-electron chi connectivity index (χ2n) is 4.73. The summed E-state index contributed by atoms with van der Waals surface area (Å²) in [6.07, 6.45) is 2.90. The summed E-state index contributed by atoms with van der Waals surface area (Å²) in [7, 11) is 0. The van der Waals surface area contributed by atoms with Crippen molar-refractivity contribution in [2.45, 2.75) is 40.0 Å². The zero-order valence-electron chi connectivity index (χ0n) is 11.7. The molecule has 0 aliphatic heterocycles. The number of carbonyl (C=O) groups is 1. The Morgan fingerprint density at radius 2 is 1.94 bits per heavy atom. The molecule has 0 radical (unpaired) electrons. The minimum Gasteiger partial charge on any atom is -0.330 e. The van der Waals surface area contributed by atoms with E-state index in [0.29, 0.717) is 5.92 Å². The van der Waals surface area contributed by atoms with Crippen molar-refractivity contribution in [1.29, 1.82) is 0 Å². The van der Waals surface area contributed by atoms with Crippen molar-refractivity contribution in [3.8, 4) is 0 Å². The molecule has 0 aliphatic rings. The number of hydrogen-bond donors (Lipinski definition) is 1. The standard InChI is InChI=1S/C16H23NO/c1-5-12(3)15(14-10-8-7-9-11-14)16(18)17-13(4)6-2/h6-12,15H,5H2,1-4H3,(H,17,18). The van der Waals surface area contributed by atoms with Crippen LogP contribution >= 0.6 is 0 Å². The number of amides is 1. The average Bonchev–Trinajstić information content (AvgIpc) is 2.39. The Hall–Kier alpha value is -1.57. The van der Waals surface area contributed by atoms with Gasteiger partial charge >= 0.3 is 0 Å². The summed E-state index contributed by atoms with van der Waals surface area (Å²) in [4.78, 5) is 12.4. The van der Waals surface area contributed by atoms with Crippen molar-refractivity contribution in [3.63, 3.8) is 0 Å². The Balaban J connectivity index is 2.96. The summed E-state index contributed by atoms with van der Waals surface area (Å²) in [6, 6.07) is 10.0. The summed E-state index contributed by atoms with van der Waals surface area (Å²) in [5.41, 5.74) is 2.00. The predicted octanol–water partition coefficient (Wildman–Crippen LogP) is 3.86. The third-order valence-corrected chi connectivity index (χ3v) is 3.41. The molecule has 0 heterocycles. The van der Waals surface area contributed by atoms with Crippen LogP contribution in [0.2, 0.25) is 0 Å². The summed E-state index contributed by atoms with van der Waals surface area (Å²) in [5, 5.41) is 2.97. The third kappa shape index (κ3) is 3.73. The van der Waals surface area contributed by atoms with Gasteiger partial charge in [-0.2, -0.15) is 0 Å². The van der Waals surface area contributed by atoms with Gasteiger partial charge in [-0.25, -0.2) is 0 Å². The lowest BCUT2D eigenvalue weighted by atomic mass is 9.85. The van der Waals surface area contributed by atoms with E-state index in [1.807, 2.05) is 50.3 Å². The number of benzene rings is 1. The van der Waals surface area contributed by atoms with Crippen molar-refractivity contribution in [3.05, 3.63) is 47.7 Å². The predicted molar refractivity (Wildman–Crippen MR) is 76.2 cm³/mol. The Morgan fingerprint density at radius 1 is 1.33 bits per heavy atom. The van der Waals surface area contributed by atoms with Crippen LogP contribution in [0.15, 0.2) is 42.1 Å². The van der Waals surface area contributed by atoms with Gasteiger partial charge in [0, 0.05) is 5.70 Å². The molecular weight excluding hydrogens is 222 g/mol. The highest BCUT2D eigenvalue weighted by Crippen LogP contribution is 2.27. The Labute approximate surface area is 110 Å². The second-order valence-corrected chi connectivity index (χ2v) is 4.73. The minimum atomic E-state index is -0.0777. The van der Waals surface area contributed by atoms with E-state index in [9.17, 15) is 4.79 Å². The maximum atomic E-state index is 12.4. The molecule has 2 nitrogen and oxygen atoms in total. The van der Waals surface area contributed by atoms with E-state index in [-0.39, 0.29) is 11.8 Å². The van der Waals surface area contributed by atoms with Crippen LogP contribution < -0.4 is 5.32 Å². The van der Waals surface area contributed by atoms with Crippen LogP contribution in [-0.4, -0.2) is 5.91 Å². The fraction of sp³-hybridized carbons (Fsp3) is 0.438. The molecule has 0 fully saturated rings. The normalized spacial score (nSPS) is 15.0. The van der Waals surface area contributed by atoms with E-state index in [1.54, 1.807) is 0 Å². The van der Waals surface area contributed by atoms with Crippen molar-refractivity contribution in [2.24, 2.45) is 5.92 Å². The van der Waals surface area contributed by atoms with Crippen molar-refractivity contribution in [2.75, 3.05) is 0 Å². The zero-order chi connectivity index (χ0) is 13.5. The first-order chi connectivity index (χ1) is 8.60. The maximum Gasteiger partial charge on any atom is 0.231 e. The van der Waals surface area contributed by atoms with E-state index in [1.165, 1.54) is 0 Å². The second kappa shape index (κ2) is 7.00. The quantitative estimate of drug-likeness (QED) is 0.838. The highest BCUT2D eigenvalue weighted by molar-refractivity contribution is 5.85. The summed E-state index contributed by atoms with van der Waals surface area (Å²) in [6.45, 7) is 8.09. The molecule has 0 aromatic heterocycles. The third-order valence-electron chi connectivity index (χ3n) is 3.41. The van der Waals surface area contributed by atoms with Crippen LogP contribution in [-0.2, 0) is 4.79 Å². The molecule has 0 aliphatic carbocycles. The minimum absolute atomic E-state index is 0.0777. The first-order valence-electron chi connectivity index (χ1n) is 6.58. The molecule has 1 aromatic rings. The maximum absolute atomic E-state index is 12.4. The molecule has 0 saturated carbocycles. The molecule has 1 amide bonds. The monoisotopic (exact) mass is 245 g/mol. The Morgan fingerprint density at radius 3 is 2.44 bits per heavy atom. The van der Waals surface area contributed by atoms with Gasteiger partial charge in [0.25, 0.3) is 0 Å². The van der Waals surface area contributed by atoms with Crippen molar-refractivity contribution < 1.29 is 4.79 Å². The van der Waals surface area contributed by atoms with Crippen LogP contribution in [0.4, 0.5) is 0 Å². The SMILES string of the molecule is CC=C(C)NC(=O)C(c1ccccc1)C(C)CC. The van der Waals surface area contributed by atoms with Gasteiger partial charge in [0.15, 0.2) is 0 Å². The van der Waals surface area contributed by atoms with Gasteiger partial charge in [-0.15, -0.1) is 0 Å². The smallest absolute Gasteiger partial charge is 0.231 e. The molecule has 1 aromatic carbocycles. The number of nitrogens with one attached hydrogen (secondary N) is 1.